The van der Waals surface area contributed by atoms with E-state index < -0.39 is 8.56 Å². The van der Waals surface area contributed by atoms with Crippen LogP contribution in [0.3, 0.4) is 0 Å². The van der Waals surface area contributed by atoms with Crippen LogP contribution in [0.1, 0.15) is 5.56 Å². The van der Waals surface area contributed by atoms with E-state index in [1.54, 1.807) is 14.2 Å². The maximum Gasteiger partial charge on any atom is 0.368 e. The van der Waals surface area contributed by atoms with Gasteiger partial charge in [-0.15, -0.1) is 0 Å². The lowest BCUT2D eigenvalue weighted by molar-refractivity contribution is 0.265. The van der Waals surface area contributed by atoms with Crippen LogP contribution in [0.15, 0.2) is 133 Å². The van der Waals surface area contributed by atoms with Crippen LogP contribution >= 0.6 is 0 Å². The Bertz CT molecular complexity index is 1450. The van der Waals surface area contributed by atoms with Gasteiger partial charge in [0.15, 0.2) is 0 Å². The Kier molecular flexibility index (Phi) is 7.93. The first-order valence-electron chi connectivity index (χ1n) is 13.1. The molecule has 0 atom stereocenters. The minimum Gasteiger partial charge on any atom is -0.394 e. The third kappa shape index (κ3) is 5.52. The van der Waals surface area contributed by atoms with E-state index >= 15 is 0 Å². The molecule has 0 unspecified atom stereocenters. The zero-order valence-electron chi connectivity index (χ0n) is 22.9. The van der Waals surface area contributed by atoms with Crippen molar-refractivity contribution < 1.29 is 8.85 Å². The smallest absolute Gasteiger partial charge is 0.368 e. The summed E-state index contributed by atoms with van der Waals surface area (Å²) >= 11 is 0. The Morgan fingerprint density at radius 2 is 0.897 bits per heavy atom. The average Bonchev–Trinajstić information content (AvgIpc) is 3.00. The van der Waals surface area contributed by atoms with Crippen molar-refractivity contribution in [1.29, 1.82) is 0 Å². The van der Waals surface area contributed by atoms with Crippen molar-refractivity contribution >= 4 is 47.9 Å². The molecule has 0 aromatic heterocycles. The third-order valence-corrected chi connectivity index (χ3v) is 10.1. The molecule has 0 saturated heterocycles. The molecule has 0 aliphatic heterocycles. The quantitative estimate of drug-likeness (QED) is 0.178. The van der Waals surface area contributed by atoms with Crippen molar-refractivity contribution in [2.24, 2.45) is 0 Å². The summed E-state index contributed by atoms with van der Waals surface area (Å²) < 4.78 is 11.5. The van der Waals surface area contributed by atoms with Gasteiger partial charge in [0.25, 0.3) is 0 Å². The van der Waals surface area contributed by atoms with Crippen molar-refractivity contribution in [2.75, 3.05) is 24.0 Å². The Morgan fingerprint density at radius 1 is 0.487 bits per heavy atom. The Morgan fingerprint density at radius 3 is 1.33 bits per heavy atom. The first kappa shape index (κ1) is 26.4. The fraction of sp³-hybridized carbons (Fsp3) is 0.118. The molecule has 0 N–H and O–H groups in total. The lowest BCUT2D eigenvalue weighted by Gasteiger charge is -2.30. The molecule has 5 heteroatoms. The van der Waals surface area contributed by atoms with Crippen LogP contribution in [-0.4, -0.2) is 22.8 Å². The van der Waals surface area contributed by atoms with Crippen molar-refractivity contribution in [2.45, 2.75) is 13.5 Å². The van der Waals surface area contributed by atoms with Crippen LogP contribution in [0.2, 0.25) is 6.55 Å². The Hall–Kier alpha value is -4.16. The number of aryl methyl sites for hydroxylation is 1. The topological polar surface area (TPSA) is 24.9 Å². The predicted molar refractivity (Wildman–Crippen MR) is 166 cm³/mol. The molecular formula is C34H34N2O2Si. The van der Waals surface area contributed by atoms with Crippen LogP contribution in [0, 0.1) is 6.92 Å². The fourth-order valence-corrected chi connectivity index (χ4v) is 6.28. The van der Waals surface area contributed by atoms with Gasteiger partial charge in [-0.25, -0.2) is 0 Å². The van der Waals surface area contributed by atoms with Gasteiger partial charge in [0, 0.05) is 48.3 Å². The molecule has 5 rings (SSSR count). The molecule has 0 amide bonds. The zero-order chi connectivity index (χ0) is 27.2. The summed E-state index contributed by atoms with van der Waals surface area (Å²) in [5.41, 5.74) is 7.82. The first-order valence-corrected chi connectivity index (χ1v) is 15.4. The molecule has 5 aromatic carbocycles. The van der Waals surface area contributed by atoms with Gasteiger partial charge in [0.2, 0.25) is 0 Å². The highest BCUT2D eigenvalue weighted by Gasteiger charge is 2.31. The van der Waals surface area contributed by atoms with Gasteiger partial charge in [-0.05, 0) is 91.0 Å². The largest absolute Gasteiger partial charge is 0.394 e. The van der Waals surface area contributed by atoms with E-state index in [1.165, 1.54) is 5.56 Å². The second-order valence-electron chi connectivity index (χ2n) is 9.55. The van der Waals surface area contributed by atoms with E-state index in [4.69, 9.17) is 8.85 Å². The number of para-hydroxylation sites is 3. The second kappa shape index (κ2) is 11.7. The molecule has 0 spiro atoms. The number of anilines is 6. The molecule has 0 heterocycles. The zero-order valence-corrected chi connectivity index (χ0v) is 23.9. The number of rotatable bonds is 9. The number of hydrogen-bond donors (Lipinski definition) is 0. The molecule has 4 nitrogen and oxygen atoms in total. The lowest BCUT2D eigenvalue weighted by atomic mass is 10.1. The van der Waals surface area contributed by atoms with Gasteiger partial charge in [-0.1, -0.05) is 66.7 Å². The highest BCUT2D eigenvalue weighted by molar-refractivity contribution is 6.79. The predicted octanol–water partition coefficient (Wildman–Crippen LogP) is 8.51. The van der Waals surface area contributed by atoms with E-state index in [0.29, 0.717) is 0 Å². The number of benzene rings is 5. The minimum absolute atomic E-state index is 1.08. The number of hydrogen-bond acceptors (Lipinski definition) is 4. The van der Waals surface area contributed by atoms with E-state index in [-0.39, 0.29) is 0 Å². The monoisotopic (exact) mass is 530 g/mol. The molecule has 5 aromatic rings. The first-order chi connectivity index (χ1) is 19.0. The molecule has 0 radical (unpaired) electrons. The van der Waals surface area contributed by atoms with Gasteiger partial charge in [0.1, 0.15) is 0 Å². The molecule has 0 fully saturated rings. The fourth-order valence-electron chi connectivity index (χ4n) is 4.87. The van der Waals surface area contributed by atoms with E-state index in [0.717, 1.165) is 39.3 Å². The SMILES string of the molecule is CO[Si](C)(OC)c1ccc(N(c2ccccc2)c2ccc(N(c3ccccc3)c3ccccc3)cc2C)cc1. The summed E-state index contributed by atoms with van der Waals surface area (Å²) in [6.07, 6.45) is 0. The maximum absolute atomic E-state index is 5.77. The molecule has 0 saturated carbocycles. The van der Waals surface area contributed by atoms with Gasteiger partial charge in [-0.3, -0.25) is 0 Å². The molecule has 39 heavy (non-hydrogen) atoms. The van der Waals surface area contributed by atoms with E-state index in [9.17, 15) is 0 Å². The van der Waals surface area contributed by atoms with Crippen LogP contribution < -0.4 is 15.0 Å². The van der Waals surface area contributed by atoms with Gasteiger partial charge >= 0.3 is 8.56 Å². The molecular weight excluding hydrogens is 496 g/mol. The van der Waals surface area contributed by atoms with Gasteiger partial charge in [-0.2, -0.15) is 0 Å². The summed E-state index contributed by atoms with van der Waals surface area (Å²) in [6, 6.07) is 46.7. The standard InChI is InChI=1S/C34H34N2O2Si/c1-27-26-32(35(28-14-8-5-9-15-28)29-16-10-6-11-17-29)22-25-34(27)36(30-18-12-7-13-19-30)31-20-23-33(24-21-31)39(4,37-2)38-3/h5-26H,1-4H3. The summed E-state index contributed by atoms with van der Waals surface area (Å²) in [5.74, 6) is 0. The van der Waals surface area contributed by atoms with Crippen molar-refractivity contribution in [3.05, 3.63) is 139 Å². The van der Waals surface area contributed by atoms with E-state index in [1.807, 2.05) is 18.2 Å². The van der Waals surface area contributed by atoms with Crippen LogP contribution in [0.5, 0.6) is 0 Å². The van der Waals surface area contributed by atoms with Crippen LogP contribution in [-0.2, 0) is 8.85 Å². The summed E-state index contributed by atoms with van der Waals surface area (Å²) in [6.45, 7) is 4.24. The van der Waals surface area contributed by atoms with Gasteiger partial charge in [0.05, 0.1) is 0 Å². The minimum atomic E-state index is -2.41. The second-order valence-corrected chi connectivity index (χ2v) is 12.8. The summed E-state index contributed by atoms with van der Waals surface area (Å²) in [5, 5.41) is 1.10. The van der Waals surface area contributed by atoms with Crippen molar-refractivity contribution in [1.82, 2.24) is 0 Å². The maximum atomic E-state index is 5.77. The highest BCUT2D eigenvalue weighted by Crippen LogP contribution is 2.40. The van der Waals surface area contributed by atoms with Crippen LogP contribution in [0.4, 0.5) is 34.1 Å². The lowest BCUT2D eigenvalue weighted by Crippen LogP contribution is -2.49. The summed E-state index contributed by atoms with van der Waals surface area (Å²) in [7, 11) is 1.03. The molecule has 0 aliphatic carbocycles. The van der Waals surface area contributed by atoms with Crippen LogP contribution in [0.25, 0.3) is 0 Å². The summed E-state index contributed by atoms with van der Waals surface area (Å²) in [4.78, 5) is 4.59. The van der Waals surface area contributed by atoms with Gasteiger partial charge < -0.3 is 18.7 Å². The third-order valence-electron chi connectivity index (χ3n) is 7.15. The van der Waals surface area contributed by atoms with E-state index in [2.05, 4.69) is 139 Å². The number of nitrogens with zero attached hydrogens (tertiary/aromatic N) is 2. The highest BCUT2D eigenvalue weighted by atomic mass is 28.4. The van der Waals surface area contributed by atoms with Crippen molar-refractivity contribution in [3.63, 3.8) is 0 Å². The Balaban J connectivity index is 1.59. The molecule has 196 valence electrons. The molecule has 0 bridgehead atoms. The average molecular weight is 531 g/mol. The molecule has 0 aliphatic rings. The van der Waals surface area contributed by atoms with Crippen molar-refractivity contribution in [3.8, 4) is 0 Å². The normalized spacial score (nSPS) is 11.3. The Labute approximate surface area is 232 Å².